The molecule has 0 spiro atoms. The number of esters is 3. The number of likely N-dealkylation sites (tertiary alicyclic amines) is 1. The summed E-state index contributed by atoms with van der Waals surface area (Å²) < 4.78 is 46.0. The third kappa shape index (κ3) is 7.28. The van der Waals surface area contributed by atoms with Crippen molar-refractivity contribution in [1.82, 2.24) is 24.8 Å². The van der Waals surface area contributed by atoms with Gasteiger partial charge in [0, 0.05) is 13.1 Å². The van der Waals surface area contributed by atoms with Gasteiger partial charge in [0.2, 0.25) is 0 Å². The fourth-order valence-electron chi connectivity index (χ4n) is 5.10. The zero-order valence-corrected chi connectivity index (χ0v) is 26.0. The Hall–Kier alpha value is -3.40. The molecule has 0 aromatic carbocycles. The summed E-state index contributed by atoms with van der Waals surface area (Å²) in [5.41, 5.74) is 4.98. The van der Waals surface area contributed by atoms with Gasteiger partial charge < -0.3 is 34.3 Å². The second-order valence-electron chi connectivity index (χ2n) is 12.0. The molecule has 2 aliphatic rings. The molecule has 3 N–H and O–H groups in total. The summed E-state index contributed by atoms with van der Waals surface area (Å²) in [6.07, 6.45) is -1.93. The van der Waals surface area contributed by atoms with Gasteiger partial charge in [-0.1, -0.05) is 27.7 Å². The Bertz CT molecular complexity index is 1320. The van der Waals surface area contributed by atoms with Crippen LogP contribution in [-0.4, -0.2) is 108 Å². The Kier molecular flexibility index (Phi) is 10.8. The molecule has 6 atom stereocenters. The Labute approximate surface area is 255 Å². The van der Waals surface area contributed by atoms with Crippen LogP contribution in [0.1, 0.15) is 52.8 Å². The molecular formula is C29H43FN6O8. The van der Waals surface area contributed by atoms with Crippen molar-refractivity contribution in [3.05, 3.63) is 24.2 Å². The molecule has 2 saturated heterocycles. The number of anilines is 1. The maximum absolute atomic E-state index is 15.2. The maximum Gasteiger partial charge on any atom is 0.323 e. The molecule has 0 radical (unpaired) electrons. The van der Waals surface area contributed by atoms with Gasteiger partial charge in [-0.3, -0.25) is 19.7 Å². The van der Waals surface area contributed by atoms with Gasteiger partial charge in [0.25, 0.3) is 0 Å². The first-order chi connectivity index (χ1) is 20.9. The van der Waals surface area contributed by atoms with Crippen molar-refractivity contribution >= 4 is 29.2 Å². The molecule has 0 aliphatic carbocycles. The van der Waals surface area contributed by atoms with E-state index in [9.17, 15) is 14.4 Å². The molecule has 4 rings (SSSR count). The lowest BCUT2D eigenvalue weighted by molar-refractivity contribution is -0.182. The van der Waals surface area contributed by atoms with Crippen molar-refractivity contribution in [2.75, 3.05) is 45.9 Å². The van der Waals surface area contributed by atoms with Gasteiger partial charge in [0.15, 0.2) is 23.6 Å². The van der Waals surface area contributed by atoms with Gasteiger partial charge in [-0.05, 0) is 32.5 Å². The first-order valence-electron chi connectivity index (χ1n) is 14.8. The predicted molar refractivity (Wildman–Crippen MR) is 155 cm³/mol. The first-order valence-corrected chi connectivity index (χ1v) is 14.8. The minimum absolute atomic E-state index is 0.171. The summed E-state index contributed by atoms with van der Waals surface area (Å²) in [6.45, 7) is 7.99. The standard InChI is InChI=1S/C29H43FN6O8/c1-16(2)26(37)42-23-22(20-7-8-21-25(31)32-14-34-36(20)21)44-29(12-30,24(23)43-27(38)17(3)4)13-40-15-33-18(5)28(39)41-19-9-10-35(6)11-19/h7-8,14,16-19,22-24,33H,9-13,15H2,1-6H3,(H2,31,32,34)/t18-,19+,22-,23-,24-,29+/m0/s1. The van der Waals surface area contributed by atoms with E-state index in [1.54, 1.807) is 46.8 Å². The lowest BCUT2D eigenvalue weighted by Gasteiger charge is -2.32. The van der Waals surface area contributed by atoms with Crippen molar-refractivity contribution in [2.45, 2.75) is 77.1 Å². The second-order valence-corrected chi connectivity index (χ2v) is 12.0. The minimum atomic E-state index is -1.88. The molecular weight excluding hydrogens is 579 g/mol. The average Bonchev–Trinajstić information content (AvgIpc) is 3.67. The molecule has 0 amide bonds. The summed E-state index contributed by atoms with van der Waals surface area (Å²) in [4.78, 5) is 44.4. The number of likely N-dealkylation sites (N-methyl/N-ethyl adjacent to an activating group) is 1. The van der Waals surface area contributed by atoms with E-state index in [1.165, 1.54) is 10.8 Å². The van der Waals surface area contributed by atoms with Crippen LogP contribution in [0, 0.1) is 11.8 Å². The van der Waals surface area contributed by atoms with Crippen LogP contribution < -0.4 is 11.1 Å². The van der Waals surface area contributed by atoms with Crippen molar-refractivity contribution < 1.29 is 42.5 Å². The van der Waals surface area contributed by atoms with E-state index in [2.05, 4.69) is 20.3 Å². The highest BCUT2D eigenvalue weighted by atomic mass is 19.1. The molecule has 2 fully saturated rings. The van der Waals surface area contributed by atoms with Crippen LogP contribution in [-0.2, 0) is 38.1 Å². The number of halogens is 1. The molecule has 15 heteroatoms. The second kappa shape index (κ2) is 14.1. The van der Waals surface area contributed by atoms with E-state index in [0.717, 1.165) is 13.0 Å². The third-order valence-electron chi connectivity index (χ3n) is 7.77. The molecule has 0 saturated carbocycles. The molecule has 0 unspecified atom stereocenters. The van der Waals surface area contributed by atoms with E-state index in [1.807, 2.05) is 7.05 Å². The molecule has 2 aromatic rings. The van der Waals surface area contributed by atoms with Crippen molar-refractivity contribution in [2.24, 2.45) is 11.8 Å². The number of rotatable bonds is 13. The van der Waals surface area contributed by atoms with Crippen LogP contribution in [0.5, 0.6) is 0 Å². The quantitative estimate of drug-likeness (QED) is 0.143. The number of aromatic nitrogens is 3. The van der Waals surface area contributed by atoms with Gasteiger partial charge in [-0.15, -0.1) is 0 Å². The van der Waals surface area contributed by atoms with Crippen LogP contribution in [0.2, 0.25) is 0 Å². The number of nitrogens with one attached hydrogen (secondary N) is 1. The normalized spacial score (nSPS) is 26.4. The van der Waals surface area contributed by atoms with E-state index < -0.39 is 73.0 Å². The van der Waals surface area contributed by atoms with Crippen LogP contribution in [0.3, 0.4) is 0 Å². The maximum atomic E-state index is 15.2. The van der Waals surface area contributed by atoms with Crippen LogP contribution in [0.25, 0.3) is 5.52 Å². The number of carbonyl (C=O) groups excluding carboxylic acids is 3. The molecule has 4 heterocycles. The number of alkyl halides is 1. The Morgan fingerprint density at radius 3 is 2.45 bits per heavy atom. The highest BCUT2D eigenvalue weighted by Crippen LogP contribution is 2.45. The summed E-state index contributed by atoms with van der Waals surface area (Å²) in [5.74, 6) is -2.57. The Morgan fingerprint density at radius 1 is 1.11 bits per heavy atom. The lowest BCUT2D eigenvalue weighted by atomic mass is 9.95. The summed E-state index contributed by atoms with van der Waals surface area (Å²) in [6, 6.07) is 2.60. The van der Waals surface area contributed by atoms with E-state index >= 15 is 4.39 Å². The molecule has 244 valence electrons. The molecule has 0 bridgehead atoms. The van der Waals surface area contributed by atoms with E-state index in [-0.39, 0.29) is 18.7 Å². The first kappa shape index (κ1) is 33.5. The van der Waals surface area contributed by atoms with Gasteiger partial charge in [-0.25, -0.2) is 13.9 Å². The number of carbonyl (C=O) groups is 3. The van der Waals surface area contributed by atoms with Crippen LogP contribution >= 0.6 is 0 Å². The number of fused-ring (bicyclic) bond motifs is 1. The minimum Gasteiger partial charge on any atom is -0.460 e. The van der Waals surface area contributed by atoms with Crippen LogP contribution in [0.4, 0.5) is 10.2 Å². The molecule has 14 nitrogen and oxygen atoms in total. The van der Waals surface area contributed by atoms with Crippen molar-refractivity contribution in [3.63, 3.8) is 0 Å². The van der Waals surface area contributed by atoms with Gasteiger partial charge in [0.1, 0.15) is 36.8 Å². The van der Waals surface area contributed by atoms with Crippen LogP contribution in [0.15, 0.2) is 18.5 Å². The topological polar surface area (TPSA) is 169 Å². The van der Waals surface area contributed by atoms with Crippen molar-refractivity contribution in [1.29, 1.82) is 0 Å². The summed E-state index contributed by atoms with van der Waals surface area (Å²) in [7, 11) is 1.96. The molecule has 44 heavy (non-hydrogen) atoms. The molecule has 2 aromatic heterocycles. The Morgan fingerprint density at radius 2 is 1.82 bits per heavy atom. The third-order valence-corrected chi connectivity index (χ3v) is 7.77. The van der Waals surface area contributed by atoms with Gasteiger partial charge in [0.05, 0.1) is 30.9 Å². The van der Waals surface area contributed by atoms with Crippen molar-refractivity contribution in [3.8, 4) is 0 Å². The van der Waals surface area contributed by atoms with Gasteiger partial charge >= 0.3 is 17.9 Å². The fourth-order valence-corrected chi connectivity index (χ4v) is 5.10. The Balaban J connectivity index is 1.57. The number of hydrogen-bond donors (Lipinski definition) is 2. The highest BCUT2D eigenvalue weighted by Gasteiger charge is 2.61. The van der Waals surface area contributed by atoms with Gasteiger partial charge in [-0.2, -0.15) is 5.10 Å². The number of nitrogen functional groups attached to an aromatic ring is 1. The SMILES string of the molecule is CC(C)C(=O)O[C@H]1[C@H](c2ccc3c(N)ncnn23)O[C@](CF)(COCN[C@@H](C)C(=O)O[C@@H]2CCN(C)C2)[C@H]1OC(=O)C(C)C. The lowest BCUT2D eigenvalue weighted by Crippen LogP contribution is -2.53. The predicted octanol–water partition coefficient (Wildman–Crippen LogP) is 1.43. The zero-order chi connectivity index (χ0) is 32.2. The average molecular weight is 623 g/mol. The van der Waals surface area contributed by atoms with E-state index in [0.29, 0.717) is 17.8 Å². The molecule has 2 aliphatic heterocycles. The number of hydrogen-bond acceptors (Lipinski definition) is 13. The summed E-state index contributed by atoms with van der Waals surface area (Å²) in [5, 5.41) is 7.17. The highest BCUT2D eigenvalue weighted by molar-refractivity contribution is 5.75. The summed E-state index contributed by atoms with van der Waals surface area (Å²) >= 11 is 0. The number of nitrogens with zero attached hydrogens (tertiary/aromatic N) is 4. The number of ether oxygens (including phenoxy) is 5. The monoisotopic (exact) mass is 622 g/mol. The number of nitrogens with two attached hydrogens (primary N) is 1. The zero-order valence-electron chi connectivity index (χ0n) is 26.0. The smallest absolute Gasteiger partial charge is 0.323 e. The van der Waals surface area contributed by atoms with E-state index in [4.69, 9.17) is 29.4 Å². The largest absolute Gasteiger partial charge is 0.460 e. The fraction of sp³-hybridized carbons (Fsp3) is 0.690.